The van der Waals surface area contributed by atoms with Gasteiger partial charge in [-0.1, -0.05) is 6.07 Å². The first-order valence-corrected chi connectivity index (χ1v) is 10.4. The van der Waals surface area contributed by atoms with Gasteiger partial charge in [-0.15, -0.1) is 0 Å². The van der Waals surface area contributed by atoms with Crippen LogP contribution in [0, 0.1) is 19.3 Å². The number of hydrogen-bond donors (Lipinski definition) is 0. The second-order valence-electron chi connectivity index (χ2n) is 8.54. The molecule has 29 heavy (non-hydrogen) atoms. The summed E-state index contributed by atoms with van der Waals surface area (Å²) < 4.78 is 1.93. The van der Waals surface area contributed by atoms with Crippen molar-refractivity contribution in [2.45, 2.75) is 52.6 Å². The predicted molar refractivity (Wildman–Crippen MR) is 109 cm³/mol. The maximum Gasteiger partial charge on any atom is 0.242 e. The first-order valence-electron chi connectivity index (χ1n) is 10.4. The second kappa shape index (κ2) is 7.97. The monoisotopic (exact) mass is 395 g/mol. The number of likely N-dealkylation sites (tertiary alicyclic amines) is 2. The quantitative estimate of drug-likeness (QED) is 0.797. The number of rotatable bonds is 4. The lowest BCUT2D eigenvalue weighted by Crippen LogP contribution is -2.52. The number of aryl methyl sites for hydroxylation is 1. The van der Waals surface area contributed by atoms with Gasteiger partial charge in [-0.25, -0.2) is 4.98 Å². The van der Waals surface area contributed by atoms with Crippen molar-refractivity contribution < 1.29 is 9.59 Å². The summed E-state index contributed by atoms with van der Waals surface area (Å²) in [5.41, 5.74) is 3.21. The molecule has 2 aromatic heterocycles. The molecule has 0 N–H and O–H groups in total. The van der Waals surface area contributed by atoms with E-state index in [2.05, 4.69) is 9.97 Å². The molecule has 0 saturated carbocycles. The largest absolute Gasteiger partial charge is 0.341 e. The molecule has 7 heteroatoms. The second-order valence-corrected chi connectivity index (χ2v) is 8.54. The molecule has 2 amide bonds. The van der Waals surface area contributed by atoms with Gasteiger partial charge in [0.15, 0.2) is 0 Å². The molecule has 0 bridgehead atoms. The van der Waals surface area contributed by atoms with Crippen LogP contribution >= 0.6 is 0 Å². The van der Waals surface area contributed by atoms with Crippen molar-refractivity contribution >= 4 is 11.8 Å². The molecule has 154 valence electrons. The van der Waals surface area contributed by atoms with Gasteiger partial charge in [0.25, 0.3) is 0 Å². The number of carbonyl (C=O) groups is 2. The zero-order chi connectivity index (χ0) is 20.4. The highest BCUT2D eigenvalue weighted by Crippen LogP contribution is 2.40. The smallest absolute Gasteiger partial charge is 0.242 e. The number of hydrogen-bond acceptors (Lipinski definition) is 4. The lowest BCUT2D eigenvalue weighted by atomic mass is 9.72. The maximum atomic E-state index is 12.8. The van der Waals surface area contributed by atoms with Crippen LogP contribution in [0.3, 0.4) is 0 Å². The van der Waals surface area contributed by atoms with Crippen LogP contribution in [-0.2, 0) is 22.7 Å². The van der Waals surface area contributed by atoms with Crippen molar-refractivity contribution in [3.8, 4) is 0 Å². The van der Waals surface area contributed by atoms with Crippen molar-refractivity contribution in [2.75, 3.05) is 19.6 Å². The fraction of sp³-hybridized carbons (Fsp3) is 0.545. The van der Waals surface area contributed by atoms with Crippen LogP contribution in [0.15, 0.2) is 30.9 Å². The van der Waals surface area contributed by atoms with Gasteiger partial charge in [-0.2, -0.15) is 0 Å². The number of nitrogens with zero attached hydrogens (tertiary/aromatic N) is 5. The fourth-order valence-corrected chi connectivity index (χ4v) is 4.55. The van der Waals surface area contributed by atoms with Crippen LogP contribution in [0.4, 0.5) is 0 Å². The Morgan fingerprint density at radius 1 is 1.21 bits per heavy atom. The van der Waals surface area contributed by atoms with Gasteiger partial charge in [0.05, 0.1) is 12.0 Å². The summed E-state index contributed by atoms with van der Waals surface area (Å²) in [6.45, 7) is 7.24. The van der Waals surface area contributed by atoms with Crippen molar-refractivity contribution in [1.29, 1.82) is 0 Å². The highest BCUT2D eigenvalue weighted by Gasteiger charge is 2.41. The van der Waals surface area contributed by atoms with E-state index in [1.54, 1.807) is 12.5 Å². The molecular weight excluding hydrogens is 366 g/mol. The molecule has 4 heterocycles. The minimum atomic E-state index is 0.133. The molecule has 2 aliphatic rings. The Hall–Kier alpha value is -2.70. The maximum absolute atomic E-state index is 12.8. The molecule has 0 aromatic carbocycles. The Labute approximate surface area is 171 Å². The Morgan fingerprint density at radius 3 is 2.66 bits per heavy atom. The van der Waals surface area contributed by atoms with Gasteiger partial charge >= 0.3 is 0 Å². The molecule has 2 saturated heterocycles. The van der Waals surface area contributed by atoms with Gasteiger partial charge in [0.1, 0.15) is 6.54 Å². The fourth-order valence-electron chi connectivity index (χ4n) is 4.55. The zero-order valence-electron chi connectivity index (χ0n) is 17.3. The third-order valence-electron chi connectivity index (χ3n) is 6.67. The van der Waals surface area contributed by atoms with Gasteiger partial charge in [-0.3, -0.25) is 14.6 Å². The molecule has 0 unspecified atom stereocenters. The number of carbonyl (C=O) groups excluding carboxylic acids is 2. The molecule has 0 aliphatic carbocycles. The van der Waals surface area contributed by atoms with Crippen molar-refractivity contribution in [3.63, 3.8) is 0 Å². The van der Waals surface area contributed by atoms with Gasteiger partial charge in [0, 0.05) is 50.7 Å². The summed E-state index contributed by atoms with van der Waals surface area (Å²) in [5, 5.41) is 0. The summed E-state index contributed by atoms with van der Waals surface area (Å²) in [4.78, 5) is 37.6. The third-order valence-corrected chi connectivity index (χ3v) is 6.67. The van der Waals surface area contributed by atoms with Crippen LogP contribution in [0.1, 0.15) is 42.6 Å². The molecule has 2 aromatic rings. The van der Waals surface area contributed by atoms with Crippen LogP contribution in [0.5, 0.6) is 0 Å². The molecule has 7 nitrogen and oxygen atoms in total. The van der Waals surface area contributed by atoms with Crippen molar-refractivity contribution in [1.82, 2.24) is 24.3 Å². The van der Waals surface area contributed by atoms with Gasteiger partial charge in [-0.05, 0) is 50.2 Å². The topological polar surface area (TPSA) is 71.3 Å². The lowest BCUT2D eigenvalue weighted by Gasteiger charge is -2.47. The summed E-state index contributed by atoms with van der Waals surface area (Å²) in [6.07, 6.45) is 8.77. The number of piperidine rings is 2. The first kappa shape index (κ1) is 19.6. The average molecular weight is 396 g/mol. The van der Waals surface area contributed by atoms with E-state index in [9.17, 15) is 9.59 Å². The predicted octanol–water partition coefficient (Wildman–Crippen LogP) is 2.33. The van der Waals surface area contributed by atoms with Crippen LogP contribution < -0.4 is 0 Å². The Balaban J connectivity index is 1.35. The van der Waals surface area contributed by atoms with Gasteiger partial charge < -0.3 is 14.4 Å². The van der Waals surface area contributed by atoms with E-state index in [1.165, 1.54) is 0 Å². The highest BCUT2D eigenvalue weighted by atomic mass is 16.2. The Morgan fingerprint density at radius 2 is 2.00 bits per heavy atom. The molecular formula is C22H29N5O2. The number of amides is 2. The summed E-state index contributed by atoms with van der Waals surface area (Å²) in [5.74, 6) is 0.378. The highest BCUT2D eigenvalue weighted by molar-refractivity contribution is 5.77. The van der Waals surface area contributed by atoms with E-state index >= 15 is 0 Å². The van der Waals surface area contributed by atoms with E-state index in [-0.39, 0.29) is 17.2 Å². The SMILES string of the molecule is Cc1ncn(CC(=O)N2CCC3(CCC(=O)N(Cc4cccnc4)C3)CC2)c1C. The normalized spacial score (nSPS) is 19.0. The summed E-state index contributed by atoms with van der Waals surface area (Å²) in [6, 6.07) is 3.93. The van der Waals surface area contributed by atoms with E-state index < -0.39 is 0 Å². The molecule has 0 radical (unpaired) electrons. The molecule has 1 spiro atoms. The third kappa shape index (κ3) is 4.18. The molecule has 0 atom stereocenters. The molecule has 4 rings (SSSR count). The summed E-state index contributed by atoms with van der Waals surface area (Å²) >= 11 is 0. The number of pyridine rings is 1. The zero-order valence-corrected chi connectivity index (χ0v) is 17.3. The molecule has 2 aliphatic heterocycles. The summed E-state index contributed by atoms with van der Waals surface area (Å²) in [7, 11) is 0. The van der Waals surface area contributed by atoms with Crippen molar-refractivity contribution in [2.24, 2.45) is 5.41 Å². The van der Waals surface area contributed by atoms with Crippen molar-refractivity contribution in [3.05, 3.63) is 47.8 Å². The van der Waals surface area contributed by atoms with Crippen LogP contribution in [-0.4, -0.2) is 55.8 Å². The standard InChI is InChI=1S/C22H29N5O2/c1-17-18(2)27(16-24-17)14-21(29)25-10-7-22(8-11-25)6-5-20(28)26(15-22)13-19-4-3-9-23-12-19/h3-4,9,12,16H,5-8,10-11,13-15H2,1-2H3. The Bertz CT molecular complexity index is 884. The molecule has 2 fully saturated rings. The Kier molecular flexibility index (Phi) is 5.39. The number of imidazole rings is 1. The average Bonchev–Trinajstić information content (AvgIpc) is 3.04. The minimum absolute atomic E-state index is 0.133. The van der Waals surface area contributed by atoms with E-state index in [4.69, 9.17) is 0 Å². The number of aromatic nitrogens is 3. The van der Waals surface area contributed by atoms with E-state index in [1.807, 2.05) is 46.5 Å². The van der Waals surface area contributed by atoms with Crippen LogP contribution in [0.25, 0.3) is 0 Å². The lowest BCUT2D eigenvalue weighted by molar-refractivity contribution is -0.143. The van der Waals surface area contributed by atoms with E-state index in [0.29, 0.717) is 19.5 Å². The van der Waals surface area contributed by atoms with E-state index in [0.717, 1.165) is 55.8 Å². The minimum Gasteiger partial charge on any atom is -0.341 e. The first-order chi connectivity index (χ1) is 14.0. The van der Waals surface area contributed by atoms with Gasteiger partial charge in [0.2, 0.25) is 11.8 Å². The van der Waals surface area contributed by atoms with Crippen LogP contribution in [0.2, 0.25) is 0 Å².